The minimum atomic E-state index is -0.203. The van der Waals surface area contributed by atoms with Gasteiger partial charge in [-0.1, -0.05) is 85.6 Å². The Morgan fingerprint density at radius 1 is 1.08 bits per heavy atom. The van der Waals surface area contributed by atoms with Gasteiger partial charge in [-0.2, -0.15) is 0 Å². The molecule has 4 heteroatoms. The van der Waals surface area contributed by atoms with E-state index in [1.165, 1.54) is 0 Å². The van der Waals surface area contributed by atoms with Crippen molar-refractivity contribution in [2.45, 2.75) is 20.5 Å². The smallest absolute Gasteiger partial charge is 0.310 e. The minimum Gasteiger partial charge on any atom is -0.461 e. The van der Waals surface area contributed by atoms with E-state index in [0.29, 0.717) is 0 Å². The van der Waals surface area contributed by atoms with Crippen molar-refractivity contribution < 1.29 is 9.53 Å². The molecule has 2 nitrogen and oxygen atoms in total. The lowest BCUT2D eigenvalue weighted by atomic mass is 10.0. The van der Waals surface area contributed by atoms with Crippen molar-refractivity contribution in [2.24, 2.45) is 17.3 Å². The highest BCUT2D eigenvalue weighted by atomic mass is 35.5. The van der Waals surface area contributed by atoms with Crippen LogP contribution < -0.4 is 0 Å². The summed E-state index contributed by atoms with van der Waals surface area (Å²) in [7, 11) is 0. The molecular weight excluding hydrogens is 355 g/mol. The number of benzene rings is 2. The summed E-state index contributed by atoms with van der Waals surface area (Å²) in [6, 6.07) is 18.2. The predicted molar refractivity (Wildman–Crippen MR) is 102 cm³/mol. The summed E-state index contributed by atoms with van der Waals surface area (Å²) in [4.78, 5) is 12.4. The Kier molecular flexibility index (Phi) is 5.21. The number of hydrogen-bond acceptors (Lipinski definition) is 2. The highest BCUT2D eigenvalue weighted by Gasteiger charge is 2.61. The van der Waals surface area contributed by atoms with E-state index in [1.54, 1.807) is 6.08 Å². The van der Waals surface area contributed by atoms with Crippen molar-refractivity contribution in [3.8, 4) is 11.1 Å². The molecule has 1 aliphatic rings. The van der Waals surface area contributed by atoms with Crippen molar-refractivity contribution in [2.75, 3.05) is 0 Å². The van der Waals surface area contributed by atoms with Crippen LogP contribution in [0.4, 0.5) is 0 Å². The van der Waals surface area contributed by atoms with Crippen LogP contribution in [0.25, 0.3) is 11.1 Å². The van der Waals surface area contributed by atoms with E-state index in [2.05, 4.69) is 12.1 Å². The molecule has 25 heavy (non-hydrogen) atoms. The third kappa shape index (κ3) is 4.08. The Bertz CT molecular complexity index is 793. The van der Waals surface area contributed by atoms with Crippen LogP contribution in [0.3, 0.4) is 0 Å². The molecule has 3 rings (SSSR count). The van der Waals surface area contributed by atoms with E-state index in [1.807, 2.05) is 56.3 Å². The van der Waals surface area contributed by atoms with Gasteiger partial charge in [-0.05, 0) is 40.2 Å². The van der Waals surface area contributed by atoms with Crippen LogP contribution in [0.5, 0.6) is 0 Å². The second-order valence-corrected chi connectivity index (χ2v) is 7.96. The molecule has 1 saturated carbocycles. The molecule has 2 atom stereocenters. The van der Waals surface area contributed by atoms with Gasteiger partial charge in [0.1, 0.15) is 11.1 Å². The normalized spacial score (nSPS) is 20.6. The molecule has 0 spiro atoms. The first kappa shape index (κ1) is 18.0. The molecule has 0 N–H and O–H groups in total. The SMILES string of the molecule is CC1(C)[C@H](C=C(Cl)Cl)[C@@H]1C(=O)OCc1cccc(-c2ccccc2)c1. The third-order valence-corrected chi connectivity index (χ3v) is 5.14. The lowest BCUT2D eigenvalue weighted by molar-refractivity contribution is -0.147. The van der Waals surface area contributed by atoms with Gasteiger partial charge in [0, 0.05) is 0 Å². The quantitative estimate of drug-likeness (QED) is 0.600. The van der Waals surface area contributed by atoms with Gasteiger partial charge < -0.3 is 4.74 Å². The van der Waals surface area contributed by atoms with Crippen LogP contribution in [0.2, 0.25) is 0 Å². The Hall–Kier alpha value is -1.77. The van der Waals surface area contributed by atoms with E-state index < -0.39 is 0 Å². The molecule has 0 amide bonds. The highest BCUT2D eigenvalue weighted by Crippen LogP contribution is 2.60. The number of rotatable bonds is 5. The largest absolute Gasteiger partial charge is 0.461 e. The van der Waals surface area contributed by atoms with Gasteiger partial charge in [0.2, 0.25) is 0 Å². The summed E-state index contributed by atoms with van der Waals surface area (Å²) in [6.45, 7) is 4.30. The van der Waals surface area contributed by atoms with E-state index in [0.717, 1.165) is 16.7 Å². The number of carbonyl (C=O) groups excluding carboxylic acids is 1. The topological polar surface area (TPSA) is 26.3 Å². The summed E-state index contributed by atoms with van der Waals surface area (Å²) < 4.78 is 5.73. The fourth-order valence-corrected chi connectivity index (χ4v) is 3.56. The third-order valence-electron chi connectivity index (χ3n) is 4.89. The number of halogens is 2. The summed E-state index contributed by atoms with van der Waals surface area (Å²) in [5, 5.41) is 0. The summed E-state index contributed by atoms with van der Waals surface area (Å²) in [6.07, 6.45) is 1.73. The average Bonchev–Trinajstić information content (AvgIpc) is 3.13. The van der Waals surface area contributed by atoms with E-state index >= 15 is 0 Å². The lowest BCUT2D eigenvalue weighted by Gasteiger charge is -2.08. The van der Waals surface area contributed by atoms with Gasteiger partial charge in [0.25, 0.3) is 0 Å². The fraction of sp³-hybridized carbons (Fsp3) is 0.286. The van der Waals surface area contributed by atoms with Crippen molar-refractivity contribution in [3.05, 3.63) is 70.7 Å². The first-order valence-corrected chi connectivity index (χ1v) is 8.99. The fourth-order valence-electron chi connectivity index (χ4n) is 3.29. The van der Waals surface area contributed by atoms with E-state index in [4.69, 9.17) is 27.9 Å². The molecule has 1 fully saturated rings. The Labute approximate surface area is 158 Å². The Balaban J connectivity index is 1.65. The number of hydrogen-bond donors (Lipinski definition) is 0. The molecular formula is C21H20Cl2O2. The molecule has 0 saturated heterocycles. The van der Waals surface area contributed by atoms with Gasteiger partial charge in [-0.3, -0.25) is 4.79 Å². The molecule has 0 radical (unpaired) electrons. The van der Waals surface area contributed by atoms with Crippen LogP contribution >= 0.6 is 23.2 Å². The van der Waals surface area contributed by atoms with Crippen molar-refractivity contribution in [3.63, 3.8) is 0 Å². The van der Waals surface area contributed by atoms with E-state index in [-0.39, 0.29) is 34.3 Å². The standard InChI is InChI=1S/C21H20Cl2O2/c1-21(2)17(12-18(22)23)19(21)20(24)25-13-14-7-6-10-16(11-14)15-8-4-3-5-9-15/h3-12,17,19H,13H2,1-2H3/t17-,19-/m1/s1. The van der Waals surface area contributed by atoms with Gasteiger partial charge in [-0.15, -0.1) is 0 Å². The molecule has 2 aromatic rings. The van der Waals surface area contributed by atoms with Crippen LogP contribution in [0.15, 0.2) is 65.2 Å². The van der Waals surface area contributed by atoms with Gasteiger partial charge in [0.05, 0.1) is 5.92 Å². The second-order valence-electron chi connectivity index (χ2n) is 6.96. The number of esters is 1. The monoisotopic (exact) mass is 374 g/mol. The average molecular weight is 375 g/mol. The molecule has 0 aromatic heterocycles. The number of ether oxygens (including phenoxy) is 1. The molecule has 2 aromatic carbocycles. The summed E-state index contributed by atoms with van der Waals surface area (Å²) in [5.41, 5.74) is 3.05. The molecule has 0 aliphatic heterocycles. The Morgan fingerprint density at radius 3 is 2.44 bits per heavy atom. The first-order chi connectivity index (χ1) is 11.9. The first-order valence-electron chi connectivity index (χ1n) is 8.23. The number of carbonyl (C=O) groups is 1. The maximum Gasteiger partial charge on any atom is 0.310 e. The molecule has 0 heterocycles. The zero-order chi connectivity index (χ0) is 18.0. The zero-order valence-corrected chi connectivity index (χ0v) is 15.7. The zero-order valence-electron chi connectivity index (χ0n) is 14.2. The summed E-state index contributed by atoms with van der Waals surface area (Å²) >= 11 is 11.5. The van der Waals surface area contributed by atoms with Crippen molar-refractivity contribution >= 4 is 29.2 Å². The minimum absolute atomic E-state index is 0.0284. The maximum absolute atomic E-state index is 12.4. The van der Waals surface area contributed by atoms with Gasteiger partial charge >= 0.3 is 5.97 Å². The molecule has 0 bridgehead atoms. The van der Waals surface area contributed by atoms with Gasteiger partial charge in [-0.25, -0.2) is 0 Å². The second kappa shape index (κ2) is 7.23. The van der Waals surface area contributed by atoms with Crippen molar-refractivity contribution in [1.29, 1.82) is 0 Å². The lowest BCUT2D eigenvalue weighted by Crippen LogP contribution is -2.10. The van der Waals surface area contributed by atoms with Crippen molar-refractivity contribution in [1.82, 2.24) is 0 Å². The van der Waals surface area contributed by atoms with E-state index in [9.17, 15) is 4.79 Å². The number of allylic oxidation sites excluding steroid dienone is 1. The van der Waals surface area contributed by atoms with Crippen LogP contribution in [0.1, 0.15) is 19.4 Å². The van der Waals surface area contributed by atoms with Gasteiger partial charge in [0.15, 0.2) is 0 Å². The van der Waals surface area contributed by atoms with Crippen LogP contribution in [-0.2, 0) is 16.1 Å². The highest BCUT2D eigenvalue weighted by molar-refractivity contribution is 6.55. The molecule has 0 unspecified atom stereocenters. The maximum atomic E-state index is 12.4. The Morgan fingerprint density at radius 2 is 1.76 bits per heavy atom. The summed E-state index contributed by atoms with van der Waals surface area (Å²) in [5.74, 6) is -0.371. The molecule has 130 valence electrons. The van der Waals surface area contributed by atoms with Crippen LogP contribution in [0, 0.1) is 17.3 Å². The predicted octanol–water partition coefficient (Wildman–Crippen LogP) is 5.99. The van der Waals surface area contributed by atoms with Crippen LogP contribution in [-0.4, -0.2) is 5.97 Å². The molecule has 1 aliphatic carbocycles.